The molecule has 6 heteroatoms. The second-order valence-corrected chi connectivity index (χ2v) is 5.42. The van der Waals surface area contributed by atoms with Crippen molar-refractivity contribution in [3.63, 3.8) is 0 Å². The van der Waals surface area contributed by atoms with E-state index >= 15 is 0 Å². The summed E-state index contributed by atoms with van der Waals surface area (Å²) in [6.45, 7) is 1.48. The van der Waals surface area contributed by atoms with Crippen LogP contribution in [0.25, 0.3) is 17.1 Å². The van der Waals surface area contributed by atoms with E-state index in [0.717, 1.165) is 22.8 Å². The van der Waals surface area contributed by atoms with Gasteiger partial charge in [-0.05, 0) is 36.4 Å². The van der Waals surface area contributed by atoms with Crippen molar-refractivity contribution in [2.24, 2.45) is 0 Å². The molecule has 128 valence electrons. The summed E-state index contributed by atoms with van der Waals surface area (Å²) >= 11 is 0. The Labute approximate surface area is 146 Å². The fraction of sp³-hybridized carbons (Fsp3) is 0.158. The highest BCUT2D eigenvalue weighted by Gasteiger charge is 2.11. The third kappa shape index (κ3) is 3.47. The summed E-state index contributed by atoms with van der Waals surface area (Å²) in [4.78, 5) is 15.6. The van der Waals surface area contributed by atoms with Gasteiger partial charge in [-0.25, -0.2) is 4.98 Å². The fourth-order valence-electron chi connectivity index (χ4n) is 2.61. The van der Waals surface area contributed by atoms with Gasteiger partial charge in [0.25, 0.3) is 0 Å². The van der Waals surface area contributed by atoms with E-state index in [1.165, 1.54) is 6.92 Å². The van der Waals surface area contributed by atoms with Gasteiger partial charge in [-0.15, -0.1) is 0 Å². The average Bonchev–Trinajstić information content (AvgIpc) is 3.11. The molecule has 1 amide bonds. The average molecular weight is 337 g/mol. The van der Waals surface area contributed by atoms with Crippen molar-refractivity contribution >= 4 is 11.6 Å². The predicted molar refractivity (Wildman–Crippen MR) is 96.4 cm³/mol. The molecule has 0 fully saturated rings. The summed E-state index contributed by atoms with van der Waals surface area (Å²) in [5.74, 6) is 2.02. The zero-order valence-electron chi connectivity index (χ0n) is 14.3. The minimum atomic E-state index is -0.0976. The van der Waals surface area contributed by atoms with E-state index in [9.17, 15) is 4.79 Å². The van der Waals surface area contributed by atoms with Crippen molar-refractivity contribution in [1.29, 1.82) is 0 Å². The van der Waals surface area contributed by atoms with Gasteiger partial charge in [0.15, 0.2) is 11.5 Å². The molecule has 1 aromatic heterocycles. The molecule has 3 aromatic rings. The van der Waals surface area contributed by atoms with E-state index in [1.54, 1.807) is 20.4 Å². The van der Waals surface area contributed by atoms with Gasteiger partial charge < -0.3 is 14.8 Å². The lowest BCUT2D eigenvalue weighted by Crippen LogP contribution is -2.05. The second-order valence-electron chi connectivity index (χ2n) is 5.42. The van der Waals surface area contributed by atoms with Crippen LogP contribution in [0.5, 0.6) is 11.5 Å². The molecule has 6 nitrogen and oxygen atoms in total. The zero-order valence-corrected chi connectivity index (χ0v) is 14.3. The number of nitrogens with one attached hydrogen (secondary N) is 1. The van der Waals surface area contributed by atoms with Crippen LogP contribution in [0.2, 0.25) is 0 Å². The second kappa shape index (κ2) is 7.09. The normalized spacial score (nSPS) is 10.4. The van der Waals surface area contributed by atoms with Crippen LogP contribution in [-0.2, 0) is 4.79 Å². The molecule has 0 radical (unpaired) electrons. The summed E-state index contributed by atoms with van der Waals surface area (Å²) < 4.78 is 12.6. The molecule has 0 unspecified atom stereocenters. The molecular weight excluding hydrogens is 318 g/mol. The summed E-state index contributed by atoms with van der Waals surface area (Å²) in [6, 6.07) is 13.2. The lowest BCUT2D eigenvalue weighted by molar-refractivity contribution is -0.114. The maximum absolute atomic E-state index is 11.1. The number of carbonyl (C=O) groups excluding carboxylic acids is 1. The molecular formula is C19H19N3O3. The largest absolute Gasteiger partial charge is 0.493 e. The first kappa shape index (κ1) is 16.6. The zero-order chi connectivity index (χ0) is 17.8. The monoisotopic (exact) mass is 337 g/mol. The van der Waals surface area contributed by atoms with E-state index in [0.29, 0.717) is 11.5 Å². The highest BCUT2D eigenvalue weighted by atomic mass is 16.5. The number of aromatic nitrogens is 2. The molecule has 0 aliphatic heterocycles. The molecule has 1 N–H and O–H groups in total. The Morgan fingerprint density at radius 2 is 1.76 bits per heavy atom. The maximum Gasteiger partial charge on any atom is 0.221 e. The topological polar surface area (TPSA) is 65.4 Å². The van der Waals surface area contributed by atoms with E-state index in [2.05, 4.69) is 10.3 Å². The number of ether oxygens (including phenoxy) is 2. The third-order valence-corrected chi connectivity index (χ3v) is 3.75. The number of anilines is 1. The Hall–Kier alpha value is -3.28. The molecule has 1 heterocycles. The Kier molecular flexibility index (Phi) is 4.70. The molecule has 3 rings (SSSR count). The predicted octanol–water partition coefficient (Wildman–Crippen LogP) is 3.51. The third-order valence-electron chi connectivity index (χ3n) is 3.75. The summed E-state index contributed by atoms with van der Waals surface area (Å²) in [6.07, 6.45) is 3.63. The minimum absolute atomic E-state index is 0.0976. The van der Waals surface area contributed by atoms with Crippen LogP contribution in [0.1, 0.15) is 6.92 Å². The lowest BCUT2D eigenvalue weighted by Gasteiger charge is -2.12. The number of imidazole rings is 1. The van der Waals surface area contributed by atoms with Gasteiger partial charge >= 0.3 is 0 Å². The number of amides is 1. The van der Waals surface area contributed by atoms with Gasteiger partial charge in [0, 0.05) is 36.6 Å². The Bertz CT molecular complexity index is 885. The molecule has 0 aliphatic rings. The van der Waals surface area contributed by atoms with Crippen LogP contribution in [0.15, 0.2) is 54.9 Å². The van der Waals surface area contributed by atoms with E-state index in [-0.39, 0.29) is 5.91 Å². The number of nitrogens with zero attached hydrogens (tertiary/aromatic N) is 2. The van der Waals surface area contributed by atoms with Crippen molar-refractivity contribution in [3.05, 3.63) is 54.9 Å². The SMILES string of the molecule is COc1ccc(-n2ccnc2-c2ccc(NC(C)=O)cc2)cc1OC. The van der Waals surface area contributed by atoms with Gasteiger partial charge in [0.1, 0.15) is 5.82 Å². The molecule has 0 aliphatic carbocycles. The number of hydrogen-bond donors (Lipinski definition) is 1. The molecule has 0 saturated heterocycles. The summed E-state index contributed by atoms with van der Waals surface area (Å²) in [5, 5.41) is 2.75. The molecule has 0 spiro atoms. The van der Waals surface area contributed by atoms with Crippen LogP contribution in [0.4, 0.5) is 5.69 Å². The number of hydrogen-bond acceptors (Lipinski definition) is 4. The standard InChI is InChI=1S/C19H19N3O3/c1-13(23)21-15-6-4-14(5-7-15)19-20-10-11-22(19)16-8-9-17(24-2)18(12-16)25-3/h4-12H,1-3H3,(H,21,23). The summed E-state index contributed by atoms with van der Waals surface area (Å²) in [5.41, 5.74) is 2.60. The van der Waals surface area contributed by atoms with Crippen LogP contribution >= 0.6 is 0 Å². The molecule has 0 saturated carbocycles. The van der Waals surface area contributed by atoms with Crippen molar-refractivity contribution in [1.82, 2.24) is 9.55 Å². The van der Waals surface area contributed by atoms with Gasteiger partial charge in [-0.3, -0.25) is 9.36 Å². The van der Waals surface area contributed by atoms with E-state index < -0.39 is 0 Å². The smallest absolute Gasteiger partial charge is 0.221 e. The minimum Gasteiger partial charge on any atom is -0.493 e. The van der Waals surface area contributed by atoms with Crippen molar-refractivity contribution in [3.8, 4) is 28.6 Å². The molecule has 25 heavy (non-hydrogen) atoms. The Balaban J connectivity index is 1.97. The molecule has 0 bridgehead atoms. The van der Waals surface area contributed by atoms with Gasteiger partial charge in [-0.1, -0.05) is 0 Å². The first-order chi connectivity index (χ1) is 12.1. The van der Waals surface area contributed by atoms with Crippen LogP contribution in [0, 0.1) is 0 Å². The molecule has 0 atom stereocenters. The first-order valence-corrected chi connectivity index (χ1v) is 7.76. The maximum atomic E-state index is 11.1. The van der Waals surface area contributed by atoms with Crippen LogP contribution in [0.3, 0.4) is 0 Å². The van der Waals surface area contributed by atoms with Crippen LogP contribution in [-0.4, -0.2) is 29.7 Å². The number of methoxy groups -OCH3 is 2. The number of carbonyl (C=O) groups is 1. The highest BCUT2D eigenvalue weighted by molar-refractivity contribution is 5.88. The van der Waals surface area contributed by atoms with Crippen molar-refractivity contribution in [2.75, 3.05) is 19.5 Å². The number of rotatable bonds is 5. The Morgan fingerprint density at radius 3 is 2.40 bits per heavy atom. The van der Waals surface area contributed by atoms with Crippen LogP contribution < -0.4 is 14.8 Å². The van der Waals surface area contributed by atoms with Crippen molar-refractivity contribution < 1.29 is 14.3 Å². The number of benzene rings is 2. The van der Waals surface area contributed by atoms with Gasteiger partial charge in [0.05, 0.1) is 19.9 Å². The van der Waals surface area contributed by atoms with E-state index in [4.69, 9.17) is 9.47 Å². The van der Waals surface area contributed by atoms with E-state index in [1.807, 2.05) is 53.2 Å². The lowest BCUT2D eigenvalue weighted by atomic mass is 10.2. The van der Waals surface area contributed by atoms with Crippen molar-refractivity contribution in [2.45, 2.75) is 6.92 Å². The molecule has 2 aromatic carbocycles. The highest BCUT2D eigenvalue weighted by Crippen LogP contribution is 2.31. The van der Waals surface area contributed by atoms with Gasteiger partial charge in [-0.2, -0.15) is 0 Å². The quantitative estimate of drug-likeness (QED) is 0.774. The first-order valence-electron chi connectivity index (χ1n) is 7.76. The fourth-order valence-corrected chi connectivity index (χ4v) is 2.61. The summed E-state index contributed by atoms with van der Waals surface area (Å²) in [7, 11) is 3.22. The Morgan fingerprint density at radius 1 is 1.04 bits per heavy atom. The van der Waals surface area contributed by atoms with Gasteiger partial charge in [0.2, 0.25) is 5.91 Å².